The van der Waals surface area contributed by atoms with E-state index in [1.807, 2.05) is 0 Å². The Hall–Kier alpha value is -1.56. The summed E-state index contributed by atoms with van der Waals surface area (Å²) in [5.41, 5.74) is 1.45. The summed E-state index contributed by atoms with van der Waals surface area (Å²) in [5, 5.41) is 5.54. The zero-order valence-electron chi connectivity index (χ0n) is 12.5. The second-order valence-corrected chi connectivity index (χ2v) is 6.10. The third-order valence-corrected chi connectivity index (χ3v) is 4.01. The summed E-state index contributed by atoms with van der Waals surface area (Å²) >= 11 is 3.14. The number of hydrogen-bond acceptors (Lipinski definition) is 3. The summed E-state index contributed by atoms with van der Waals surface area (Å²) in [6.07, 6.45) is 8.35. The number of furan rings is 1. The fourth-order valence-corrected chi connectivity index (χ4v) is 2.70. The zero-order chi connectivity index (χ0) is 15.8. The van der Waals surface area contributed by atoms with Gasteiger partial charge in [0.15, 0.2) is 10.4 Å². The van der Waals surface area contributed by atoms with Gasteiger partial charge in [0.2, 0.25) is 5.91 Å². The normalized spacial score (nSPS) is 14.3. The lowest BCUT2D eigenvalue weighted by molar-refractivity contribution is -0.120. The van der Waals surface area contributed by atoms with E-state index in [9.17, 15) is 9.59 Å². The van der Waals surface area contributed by atoms with Crippen LogP contribution in [0.2, 0.25) is 0 Å². The average molecular weight is 369 g/mol. The lowest BCUT2D eigenvalue weighted by Crippen LogP contribution is -2.31. The molecule has 0 saturated carbocycles. The average Bonchev–Trinajstić information content (AvgIpc) is 2.95. The highest BCUT2D eigenvalue weighted by atomic mass is 79.9. The van der Waals surface area contributed by atoms with Crippen molar-refractivity contribution in [3.8, 4) is 0 Å². The molecule has 0 fully saturated rings. The molecule has 2 rings (SSSR count). The summed E-state index contributed by atoms with van der Waals surface area (Å²) in [4.78, 5) is 23.4. The first-order chi connectivity index (χ1) is 10.6. The SMILES string of the molecule is O=C(CCNC(=O)c1ccc(Br)o1)NCCC1=CCCCC1. The highest BCUT2D eigenvalue weighted by molar-refractivity contribution is 9.10. The van der Waals surface area contributed by atoms with Gasteiger partial charge in [0, 0.05) is 19.5 Å². The topological polar surface area (TPSA) is 71.3 Å². The number of amides is 2. The summed E-state index contributed by atoms with van der Waals surface area (Å²) in [6.45, 7) is 0.968. The van der Waals surface area contributed by atoms with E-state index in [0.717, 1.165) is 19.3 Å². The minimum atomic E-state index is -0.314. The monoisotopic (exact) mass is 368 g/mol. The van der Waals surface area contributed by atoms with Crippen LogP contribution < -0.4 is 10.6 Å². The number of hydrogen-bond donors (Lipinski definition) is 2. The molecule has 1 aliphatic carbocycles. The molecule has 120 valence electrons. The molecule has 1 aromatic heterocycles. The van der Waals surface area contributed by atoms with Crippen LogP contribution in [0.15, 0.2) is 32.9 Å². The van der Waals surface area contributed by atoms with E-state index in [1.165, 1.54) is 18.4 Å². The Morgan fingerprint density at radius 2 is 2.05 bits per heavy atom. The smallest absolute Gasteiger partial charge is 0.287 e. The van der Waals surface area contributed by atoms with Crippen LogP contribution in [0.4, 0.5) is 0 Å². The molecule has 2 N–H and O–H groups in total. The van der Waals surface area contributed by atoms with Gasteiger partial charge in [-0.1, -0.05) is 11.6 Å². The first kappa shape index (κ1) is 16.8. The van der Waals surface area contributed by atoms with Crippen molar-refractivity contribution in [2.75, 3.05) is 13.1 Å². The minimum Gasteiger partial charge on any atom is -0.444 e. The van der Waals surface area contributed by atoms with E-state index in [-0.39, 0.29) is 24.0 Å². The molecule has 0 saturated heterocycles. The molecule has 1 heterocycles. The fourth-order valence-electron chi connectivity index (χ4n) is 2.40. The Morgan fingerprint density at radius 1 is 1.18 bits per heavy atom. The molecule has 0 unspecified atom stereocenters. The molecule has 0 aliphatic heterocycles. The Balaban J connectivity index is 1.57. The van der Waals surface area contributed by atoms with Crippen molar-refractivity contribution < 1.29 is 14.0 Å². The maximum absolute atomic E-state index is 11.7. The number of nitrogens with one attached hydrogen (secondary N) is 2. The van der Waals surface area contributed by atoms with Crippen molar-refractivity contribution in [3.63, 3.8) is 0 Å². The van der Waals surface area contributed by atoms with E-state index < -0.39 is 0 Å². The van der Waals surface area contributed by atoms with Crippen LogP contribution in [-0.2, 0) is 4.79 Å². The van der Waals surface area contributed by atoms with E-state index >= 15 is 0 Å². The van der Waals surface area contributed by atoms with Gasteiger partial charge in [-0.3, -0.25) is 9.59 Å². The maximum atomic E-state index is 11.7. The second kappa shape index (κ2) is 8.78. The summed E-state index contributed by atoms with van der Waals surface area (Å²) in [5.74, 6) is -0.125. The van der Waals surface area contributed by atoms with Crippen LogP contribution >= 0.6 is 15.9 Å². The van der Waals surface area contributed by atoms with Gasteiger partial charge in [-0.25, -0.2) is 0 Å². The van der Waals surface area contributed by atoms with Crippen molar-refractivity contribution in [1.82, 2.24) is 10.6 Å². The molecule has 0 aromatic carbocycles. The highest BCUT2D eigenvalue weighted by Gasteiger charge is 2.10. The van der Waals surface area contributed by atoms with Crippen molar-refractivity contribution in [1.29, 1.82) is 0 Å². The molecular formula is C16H21BrN2O3. The van der Waals surface area contributed by atoms with E-state index in [2.05, 4.69) is 32.6 Å². The van der Waals surface area contributed by atoms with E-state index in [1.54, 1.807) is 12.1 Å². The number of carbonyl (C=O) groups is 2. The predicted octanol–water partition coefficient (Wildman–Crippen LogP) is 3.17. The Morgan fingerprint density at radius 3 is 2.73 bits per heavy atom. The van der Waals surface area contributed by atoms with Crippen LogP contribution in [0.3, 0.4) is 0 Å². The molecule has 0 spiro atoms. The van der Waals surface area contributed by atoms with Crippen molar-refractivity contribution in [2.45, 2.75) is 38.5 Å². The standard InChI is InChI=1S/C16H21BrN2O3/c17-14-7-6-13(22-14)16(21)19-11-9-15(20)18-10-8-12-4-2-1-3-5-12/h4,6-7H,1-3,5,8-11H2,(H,18,20)(H,19,21). The van der Waals surface area contributed by atoms with Crippen LogP contribution in [0.1, 0.15) is 49.1 Å². The third kappa shape index (κ3) is 5.67. The number of allylic oxidation sites excluding steroid dienone is 1. The van der Waals surface area contributed by atoms with Gasteiger partial charge in [0.25, 0.3) is 5.91 Å². The fraction of sp³-hybridized carbons (Fsp3) is 0.500. The number of halogens is 1. The van der Waals surface area contributed by atoms with Gasteiger partial charge in [0.1, 0.15) is 0 Å². The third-order valence-electron chi connectivity index (χ3n) is 3.59. The summed E-state index contributed by atoms with van der Waals surface area (Å²) < 4.78 is 5.64. The molecule has 22 heavy (non-hydrogen) atoms. The number of carbonyl (C=O) groups excluding carboxylic acids is 2. The van der Waals surface area contributed by atoms with Crippen LogP contribution in [0.5, 0.6) is 0 Å². The van der Waals surface area contributed by atoms with Gasteiger partial charge in [-0.15, -0.1) is 0 Å². The molecule has 0 bridgehead atoms. The van der Waals surface area contributed by atoms with Gasteiger partial charge >= 0.3 is 0 Å². The quantitative estimate of drug-likeness (QED) is 0.726. The van der Waals surface area contributed by atoms with Gasteiger partial charge in [-0.2, -0.15) is 0 Å². The van der Waals surface area contributed by atoms with Gasteiger partial charge in [-0.05, 0) is 60.2 Å². The van der Waals surface area contributed by atoms with Crippen molar-refractivity contribution in [2.24, 2.45) is 0 Å². The molecule has 2 amide bonds. The molecule has 6 heteroatoms. The molecule has 0 radical (unpaired) electrons. The molecule has 5 nitrogen and oxygen atoms in total. The van der Waals surface area contributed by atoms with Crippen LogP contribution in [0, 0.1) is 0 Å². The molecular weight excluding hydrogens is 348 g/mol. The summed E-state index contributed by atoms with van der Waals surface area (Å²) in [7, 11) is 0. The van der Waals surface area contributed by atoms with E-state index in [4.69, 9.17) is 4.42 Å². The van der Waals surface area contributed by atoms with Gasteiger partial charge in [0.05, 0.1) is 0 Å². The highest BCUT2D eigenvalue weighted by Crippen LogP contribution is 2.19. The zero-order valence-corrected chi connectivity index (χ0v) is 14.1. The summed E-state index contributed by atoms with van der Waals surface area (Å²) in [6, 6.07) is 3.24. The Bertz CT molecular complexity index is 551. The van der Waals surface area contributed by atoms with Crippen molar-refractivity contribution in [3.05, 3.63) is 34.2 Å². The minimum absolute atomic E-state index is 0.0441. The largest absolute Gasteiger partial charge is 0.444 e. The molecule has 1 aliphatic rings. The lowest BCUT2D eigenvalue weighted by atomic mass is 9.97. The Labute approximate surface area is 138 Å². The lowest BCUT2D eigenvalue weighted by Gasteiger charge is -2.13. The first-order valence-electron chi connectivity index (χ1n) is 7.63. The van der Waals surface area contributed by atoms with E-state index in [0.29, 0.717) is 17.8 Å². The van der Waals surface area contributed by atoms with Crippen molar-refractivity contribution >= 4 is 27.7 Å². The number of rotatable bonds is 7. The first-order valence-corrected chi connectivity index (χ1v) is 8.42. The molecule has 1 aromatic rings. The van der Waals surface area contributed by atoms with Crippen LogP contribution in [0.25, 0.3) is 0 Å². The van der Waals surface area contributed by atoms with Crippen LogP contribution in [-0.4, -0.2) is 24.9 Å². The predicted molar refractivity (Wildman–Crippen MR) is 87.5 cm³/mol. The second-order valence-electron chi connectivity index (χ2n) is 5.32. The Kier molecular flexibility index (Phi) is 6.71. The molecule has 0 atom stereocenters. The maximum Gasteiger partial charge on any atom is 0.287 e. The van der Waals surface area contributed by atoms with Gasteiger partial charge < -0.3 is 15.1 Å².